The summed E-state index contributed by atoms with van der Waals surface area (Å²) in [5.41, 5.74) is 2.10. The number of fused-ring (bicyclic) bond motifs is 1. The average molecular weight is 189 g/mol. The van der Waals surface area contributed by atoms with Gasteiger partial charge in [-0.2, -0.15) is 0 Å². The number of Topliss-reactive ketones (excluding diaryl/α,β-unsaturated/α-hetero) is 1. The van der Waals surface area contributed by atoms with Crippen molar-refractivity contribution in [1.82, 2.24) is 4.98 Å². The highest BCUT2D eigenvalue weighted by atomic mass is 16.1. The smallest absolute Gasteiger partial charge is 0.146 e. The van der Waals surface area contributed by atoms with Gasteiger partial charge in [0, 0.05) is 18.5 Å². The molecule has 0 amide bonds. The first-order chi connectivity index (χ1) is 6.50. The Morgan fingerprint density at radius 1 is 1.43 bits per heavy atom. The highest BCUT2D eigenvalue weighted by Crippen LogP contribution is 2.41. The highest BCUT2D eigenvalue weighted by molar-refractivity contribution is 5.92. The normalized spacial score (nSPS) is 21.1. The van der Waals surface area contributed by atoms with E-state index in [9.17, 15) is 4.79 Å². The predicted molar refractivity (Wildman–Crippen MR) is 55.1 cm³/mol. The Labute approximate surface area is 84.4 Å². The quantitative estimate of drug-likeness (QED) is 0.627. The topological polar surface area (TPSA) is 30.0 Å². The summed E-state index contributed by atoms with van der Waals surface area (Å²) in [6.07, 6.45) is 2.27. The molecular weight excluding hydrogens is 174 g/mol. The van der Waals surface area contributed by atoms with Crippen molar-refractivity contribution in [2.24, 2.45) is 5.41 Å². The number of ketones is 1. The van der Waals surface area contributed by atoms with Crippen LogP contribution in [0.4, 0.5) is 0 Å². The van der Waals surface area contributed by atoms with E-state index < -0.39 is 0 Å². The lowest BCUT2D eigenvalue weighted by atomic mass is 9.77. The van der Waals surface area contributed by atoms with E-state index in [2.05, 4.69) is 25.8 Å². The van der Waals surface area contributed by atoms with Crippen LogP contribution in [0.3, 0.4) is 0 Å². The number of hydrogen-bond acceptors (Lipinski definition) is 2. The minimum atomic E-state index is 0.00532. The van der Waals surface area contributed by atoms with Crippen LogP contribution in [0, 0.1) is 5.41 Å². The number of hydrogen-bond donors (Lipinski definition) is 0. The van der Waals surface area contributed by atoms with Crippen molar-refractivity contribution in [2.75, 3.05) is 0 Å². The Hall–Kier alpha value is -1.18. The van der Waals surface area contributed by atoms with Gasteiger partial charge in [-0.05, 0) is 17.0 Å². The van der Waals surface area contributed by atoms with Gasteiger partial charge in [0.05, 0.1) is 5.69 Å². The van der Waals surface area contributed by atoms with E-state index >= 15 is 0 Å². The third-order valence-corrected chi connectivity index (χ3v) is 2.77. The van der Waals surface area contributed by atoms with Gasteiger partial charge in [-0.1, -0.05) is 26.8 Å². The summed E-state index contributed by atoms with van der Waals surface area (Å²) in [5, 5.41) is 0. The molecule has 0 aromatic carbocycles. The second kappa shape index (κ2) is 2.91. The van der Waals surface area contributed by atoms with Gasteiger partial charge >= 0.3 is 0 Å². The molecule has 2 nitrogen and oxygen atoms in total. The van der Waals surface area contributed by atoms with Crippen molar-refractivity contribution in [3.63, 3.8) is 0 Å². The van der Waals surface area contributed by atoms with Crippen LogP contribution >= 0.6 is 0 Å². The third-order valence-electron chi connectivity index (χ3n) is 2.77. The molecule has 0 fully saturated rings. The maximum Gasteiger partial charge on any atom is 0.146 e. The van der Waals surface area contributed by atoms with Crippen LogP contribution in [0.25, 0.3) is 0 Å². The molecule has 0 radical (unpaired) electrons. The van der Waals surface area contributed by atoms with Gasteiger partial charge < -0.3 is 0 Å². The van der Waals surface area contributed by atoms with Gasteiger partial charge in [0.15, 0.2) is 0 Å². The molecular formula is C12H15NO. The van der Waals surface area contributed by atoms with E-state index in [1.54, 1.807) is 6.20 Å². The number of carbonyl (C=O) groups excluding carboxylic acids is 1. The molecule has 0 N–H and O–H groups in total. The van der Waals surface area contributed by atoms with E-state index in [0.717, 1.165) is 11.3 Å². The summed E-state index contributed by atoms with van der Waals surface area (Å²) in [6.45, 7) is 6.33. The van der Waals surface area contributed by atoms with Crippen molar-refractivity contribution in [2.45, 2.75) is 33.1 Å². The number of aromatic nitrogens is 1. The fourth-order valence-corrected chi connectivity index (χ4v) is 2.25. The van der Waals surface area contributed by atoms with Crippen LogP contribution in [-0.2, 0) is 11.2 Å². The first kappa shape index (κ1) is 9.38. The Morgan fingerprint density at radius 3 is 2.79 bits per heavy atom. The molecule has 1 atom stereocenters. The van der Waals surface area contributed by atoms with E-state index in [1.807, 2.05) is 12.1 Å². The summed E-state index contributed by atoms with van der Waals surface area (Å²) in [6, 6.07) is 3.94. The number of carbonyl (C=O) groups is 1. The van der Waals surface area contributed by atoms with Gasteiger partial charge in [-0.3, -0.25) is 9.78 Å². The Bertz CT molecular complexity index is 376. The van der Waals surface area contributed by atoms with E-state index in [0.29, 0.717) is 12.2 Å². The summed E-state index contributed by atoms with van der Waals surface area (Å²) >= 11 is 0. The minimum Gasteiger partial charge on any atom is -0.299 e. The summed E-state index contributed by atoms with van der Waals surface area (Å²) in [4.78, 5) is 16.1. The summed E-state index contributed by atoms with van der Waals surface area (Å²) in [7, 11) is 0. The molecule has 74 valence electrons. The second-order valence-corrected chi connectivity index (χ2v) is 4.98. The van der Waals surface area contributed by atoms with Gasteiger partial charge in [0.1, 0.15) is 5.78 Å². The summed E-state index contributed by atoms with van der Waals surface area (Å²) in [5.74, 6) is 0.345. The molecule has 0 aliphatic heterocycles. The first-order valence-electron chi connectivity index (χ1n) is 4.96. The second-order valence-electron chi connectivity index (χ2n) is 4.98. The monoisotopic (exact) mass is 189 g/mol. The standard InChI is InChI=1S/C12H15NO/c1-12(2,3)11-8-5-4-6-13-9(8)7-10(11)14/h4-6,11H,7H2,1-3H3. The Kier molecular flexibility index (Phi) is 1.95. The van der Waals surface area contributed by atoms with E-state index in [4.69, 9.17) is 0 Å². The number of nitrogens with zero attached hydrogens (tertiary/aromatic N) is 1. The number of pyridine rings is 1. The van der Waals surface area contributed by atoms with Crippen molar-refractivity contribution >= 4 is 5.78 Å². The zero-order valence-electron chi connectivity index (χ0n) is 8.87. The third kappa shape index (κ3) is 1.35. The van der Waals surface area contributed by atoms with Crippen LogP contribution in [0.5, 0.6) is 0 Å². The van der Waals surface area contributed by atoms with Gasteiger partial charge in [-0.25, -0.2) is 0 Å². The molecule has 2 rings (SSSR count). The van der Waals surface area contributed by atoms with Crippen LogP contribution in [-0.4, -0.2) is 10.8 Å². The summed E-state index contributed by atoms with van der Waals surface area (Å²) < 4.78 is 0. The molecule has 0 saturated carbocycles. The largest absolute Gasteiger partial charge is 0.299 e. The zero-order valence-corrected chi connectivity index (χ0v) is 8.87. The Balaban J connectivity index is 2.50. The van der Waals surface area contributed by atoms with Crippen LogP contribution < -0.4 is 0 Å². The molecule has 1 heterocycles. The average Bonchev–Trinajstić information content (AvgIpc) is 2.38. The molecule has 14 heavy (non-hydrogen) atoms. The van der Waals surface area contributed by atoms with Crippen LogP contribution in [0.15, 0.2) is 18.3 Å². The molecule has 2 heteroatoms. The maximum absolute atomic E-state index is 11.8. The zero-order chi connectivity index (χ0) is 10.3. The fourth-order valence-electron chi connectivity index (χ4n) is 2.25. The van der Waals surface area contributed by atoms with Crippen LogP contribution in [0.1, 0.15) is 37.9 Å². The van der Waals surface area contributed by atoms with E-state index in [1.165, 1.54) is 0 Å². The molecule has 0 bridgehead atoms. The van der Waals surface area contributed by atoms with Gasteiger partial charge in [-0.15, -0.1) is 0 Å². The van der Waals surface area contributed by atoms with Crippen molar-refractivity contribution in [3.8, 4) is 0 Å². The lowest BCUT2D eigenvalue weighted by molar-refractivity contribution is -0.121. The van der Waals surface area contributed by atoms with Crippen molar-refractivity contribution < 1.29 is 4.79 Å². The van der Waals surface area contributed by atoms with Gasteiger partial charge in [0.25, 0.3) is 0 Å². The van der Waals surface area contributed by atoms with Gasteiger partial charge in [0.2, 0.25) is 0 Å². The SMILES string of the molecule is CC(C)(C)C1C(=O)Cc2ncccc21. The van der Waals surface area contributed by atoms with Crippen LogP contribution in [0.2, 0.25) is 0 Å². The highest BCUT2D eigenvalue weighted by Gasteiger charge is 2.39. The van der Waals surface area contributed by atoms with E-state index in [-0.39, 0.29) is 11.3 Å². The van der Waals surface area contributed by atoms with Crippen molar-refractivity contribution in [1.29, 1.82) is 0 Å². The molecule has 1 unspecified atom stereocenters. The first-order valence-corrected chi connectivity index (χ1v) is 4.96. The lowest BCUT2D eigenvalue weighted by Crippen LogP contribution is -2.22. The Morgan fingerprint density at radius 2 is 2.14 bits per heavy atom. The molecule has 0 saturated heterocycles. The van der Waals surface area contributed by atoms with Crippen molar-refractivity contribution in [3.05, 3.63) is 29.6 Å². The maximum atomic E-state index is 11.8. The molecule has 0 spiro atoms. The number of rotatable bonds is 0. The predicted octanol–water partition coefficient (Wildman–Crippen LogP) is 2.34. The molecule has 1 aliphatic carbocycles. The minimum absolute atomic E-state index is 0.00532. The lowest BCUT2D eigenvalue weighted by Gasteiger charge is -2.26. The fraction of sp³-hybridized carbons (Fsp3) is 0.500. The molecule has 1 aliphatic rings. The molecule has 1 aromatic heterocycles. The molecule has 1 aromatic rings.